The van der Waals surface area contributed by atoms with Crippen molar-refractivity contribution in [3.63, 3.8) is 0 Å². The maximum absolute atomic E-state index is 12.3. The first-order valence-electron chi connectivity index (χ1n) is 7.13. The van der Waals surface area contributed by atoms with Crippen LogP contribution in [0.25, 0.3) is 10.2 Å². The number of rotatable bonds is 3. The van der Waals surface area contributed by atoms with Gasteiger partial charge in [-0.2, -0.15) is 4.99 Å². The highest BCUT2D eigenvalue weighted by atomic mass is 35.5. The van der Waals surface area contributed by atoms with Crippen molar-refractivity contribution < 1.29 is 9.53 Å². The van der Waals surface area contributed by atoms with Crippen LogP contribution < -0.4 is 9.54 Å². The molecule has 0 spiro atoms. The molecule has 24 heavy (non-hydrogen) atoms. The van der Waals surface area contributed by atoms with E-state index in [9.17, 15) is 4.79 Å². The molecule has 0 saturated carbocycles. The van der Waals surface area contributed by atoms with Crippen molar-refractivity contribution >= 4 is 50.7 Å². The smallest absolute Gasteiger partial charge is 0.252 e. The molecule has 1 amide bonds. The first-order valence-corrected chi connectivity index (χ1v) is 8.71. The molecule has 3 rings (SSSR count). The van der Waals surface area contributed by atoms with E-state index in [1.54, 1.807) is 23.8 Å². The number of hydrogen-bond donors (Lipinski definition) is 0. The van der Waals surface area contributed by atoms with E-state index >= 15 is 0 Å². The lowest BCUT2D eigenvalue weighted by Gasteiger charge is -2.02. The van der Waals surface area contributed by atoms with E-state index in [1.807, 2.05) is 31.3 Å². The standard InChI is InChI=1S/C17H14Cl2N2O2S/c1-21-15-12(18)6-7-13(19)16(15)24-17(21)20-14(22)9-10-4-3-5-11(8-10)23-2/h3-8H,9H2,1-2H3. The average molecular weight is 381 g/mol. The van der Waals surface area contributed by atoms with Crippen LogP contribution in [0.3, 0.4) is 0 Å². The van der Waals surface area contributed by atoms with Gasteiger partial charge in [-0.05, 0) is 29.8 Å². The van der Waals surface area contributed by atoms with Crippen molar-refractivity contribution in [1.29, 1.82) is 0 Å². The summed E-state index contributed by atoms with van der Waals surface area (Å²) < 4.78 is 7.78. The number of aromatic nitrogens is 1. The summed E-state index contributed by atoms with van der Waals surface area (Å²) in [5.74, 6) is 0.476. The van der Waals surface area contributed by atoms with E-state index in [1.165, 1.54) is 11.3 Å². The molecule has 0 aliphatic heterocycles. The van der Waals surface area contributed by atoms with Gasteiger partial charge in [-0.25, -0.2) is 0 Å². The van der Waals surface area contributed by atoms with Gasteiger partial charge in [-0.3, -0.25) is 4.79 Å². The van der Waals surface area contributed by atoms with Crippen molar-refractivity contribution in [3.05, 3.63) is 56.8 Å². The Kier molecular flexibility index (Phi) is 4.94. The van der Waals surface area contributed by atoms with Crippen LogP contribution in [0.1, 0.15) is 5.56 Å². The van der Waals surface area contributed by atoms with Crippen LogP contribution >= 0.6 is 34.5 Å². The highest BCUT2D eigenvalue weighted by Gasteiger charge is 2.11. The van der Waals surface area contributed by atoms with Crippen molar-refractivity contribution in [2.75, 3.05) is 7.11 Å². The van der Waals surface area contributed by atoms with Gasteiger partial charge < -0.3 is 9.30 Å². The number of fused-ring (bicyclic) bond motifs is 1. The Hall–Kier alpha value is -1.82. The Morgan fingerprint density at radius 2 is 2.00 bits per heavy atom. The SMILES string of the molecule is COc1cccc(CC(=O)N=c2sc3c(Cl)ccc(Cl)c3n2C)c1. The number of carbonyl (C=O) groups is 1. The predicted octanol–water partition coefficient (Wildman–Crippen LogP) is 4.23. The summed E-state index contributed by atoms with van der Waals surface area (Å²) in [5, 5.41) is 1.17. The topological polar surface area (TPSA) is 43.6 Å². The Morgan fingerprint density at radius 1 is 1.25 bits per heavy atom. The van der Waals surface area contributed by atoms with E-state index in [0.29, 0.717) is 20.6 Å². The van der Waals surface area contributed by atoms with E-state index in [0.717, 1.165) is 15.8 Å². The monoisotopic (exact) mass is 380 g/mol. The first-order chi connectivity index (χ1) is 11.5. The molecule has 4 nitrogen and oxygen atoms in total. The summed E-state index contributed by atoms with van der Waals surface area (Å²) in [6.45, 7) is 0. The van der Waals surface area contributed by atoms with Crippen molar-refractivity contribution in [1.82, 2.24) is 4.57 Å². The van der Waals surface area contributed by atoms with Gasteiger partial charge in [-0.1, -0.05) is 46.7 Å². The van der Waals surface area contributed by atoms with Gasteiger partial charge in [0.25, 0.3) is 5.91 Å². The van der Waals surface area contributed by atoms with Crippen molar-refractivity contribution in [2.24, 2.45) is 12.0 Å². The van der Waals surface area contributed by atoms with Crippen LogP contribution in [0, 0.1) is 0 Å². The minimum atomic E-state index is -0.238. The molecule has 2 aromatic carbocycles. The molecule has 0 N–H and O–H groups in total. The number of thiazole rings is 1. The molecule has 0 aliphatic rings. The minimum Gasteiger partial charge on any atom is -0.497 e. The third kappa shape index (κ3) is 3.34. The maximum atomic E-state index is 12.3. The second-order valence-corrected chi connectivity index (χ2v) is 6.98. The summed E-state index contributed by atoms with van der Waals surface area (Å²) in [6, 6.07) is 10.9. The van der Waals surface area contributed by atoms with Crippen LogP contribution in [0.15, 0.2) is 41.4 Å². The van der Waals surface area contributed by atoms with E-state index in [2.05, 4.69) is 4.99 Å². The van der Waals surface area contributed by atoms with E-state index in [4.69, 9.17) is 27.9 Å². The van der Waals surface area contributed by atoms with Gasteiger partial charge in [0, 0.05) is 7.05 Å². The lowest BCUT2D eigenvalue weighted by molar-refractivity contribution is -0.117. The quantitative estimate of drug-likeness (QED) is 0.682. The molecule has 0 fully saturated rings. The Labute approximate surface area is 152 Å². The molecule has 7 heteroatoms. The number of ether oxygens (including phenoxy) is 1. The zero-order valence-electron chi connectivity index (χ0n) is 13.0. The van der Waals surface area contributed by atoms with Crippen LogP contribution in [-0.2, 0) is 18.3 Å². The third-order valence-electron chi connectivity index (χ3n) is 3.56. The molecule has 0 radical (unpaired) electrons. The maximum Gasteiger partial charge on any atom is 0.252 e. The van der Waals surface area contributed by atoms with Crippen LogP contribution in [0.5, 0.6) is 5.75 Å². The fourth-order valence-electron chi connectivity index (χ4n) is 2.39. The molecule has 3 aromatic rings. The molecule has 0 atom stereocenters. The molecular formula is C17H14Cl2N2O2S. The Morgan fingerprint density at radius 3 is 2.71 bits per heavy atom. The van der Waals surface area contributed by atoms with Gasteiger partial charge in [0.1, 0.15) is 5.75 Å². The molecular weight excluding hydrogens is 367 g/mol. The zero-order chi connectivity index (χ0) is 17.3. The second-order valence-electron chi connectivity index (χ2n) is 5.18. The highest BCUT2D eigenvalue weighted by Crippen LogP contribution is 2.31. The second kappa shape index (κ2) is 6.97. The summed E-state index contributed by atoms with van der Waals surface area (Å²) in [4.78, 5) is 17.1. The molecule has 0 aliphatic carbocycles. The van der Waals surface area contributed by atoms with Crippen LogP contribution in [0.4, 0.5) is 0 Å². The molecule has 124 valence electrons. The van der Waals surface area contributed by atoms with Gasteiger partial charge in [-0.15, -0.1) is 0 Å². The number of nitrogens with zero attached hydrogens (tertiary/aromatic N) is 2. The highest BCUT2D eigenvalue weighted by molar-refractivity contribution is 7.17. The predicted molar refractivity (Wildman–Crippen MR) is 98.1 cm³/mol. The number of methoxy groups -OCH3 is 1. The summed E-state index contributed by atoms with van der Waals surface area (Å²) in [6.07, 6.45) is 0.201. The van der Waals surface area contributed by atoms with Gasteiger partial charge in [0.15, 0.2) is 4.80 Å². The number of hydrogen-bond acceptors (Lipinski definition) is 3. The van der Waals surface area contributed by atoms with Gasteiger partial charge in [0.05, 0.1) is 33.8 Å². The summed E-state index contributed by atoms with van der Waals surface area (Å²) in [5.41, 5.74) is 1.63. The number of amides is 1. The van der Waals surface area contributed by atoms with E-state index < -0.39 is 0 Å². The average Bonchev–Trinajstić information content (AvgIpc) is 2.89. The normalized spacial score (nSPS) is 11.9. The Balaban J connectivity index is 1.97. The van der Waals surface area contributed by atoms with Crippen molar-refractivity contribution in [2.45, 2.75) is 6.42 Å². The summed E-state index contributed by atoms with van der Waals surface area (Å²) in [7, 11) is 3.41. The number of carbonyl (C=O) groups excluding carboxylic acids is 1. The first kappa shape index (κ1) is 17.0. The molecule has 1 aromatic heterocycles. The minimum absolute atomic E-state index is 0.201. The Bertz CT molecular complexity index is 992. The third-order valence-corrected chi connectivity index (χ3v) is 5.46. The number of aryl methyl sites for hydroxylation is 1. The fourth-order valence-corrected chi connectivity index (χ4v) is 4.06. The number of halogens is 2. The lowest BCUT2D eigenvalue weighted by Crippen LogP contribution is -2.14. The van der Waals surface area contributed by atoms with Crippen molar-refractivity contribution in [3.8, 4) is 5.75 Å². The van der Waals surface area contributed by atoms with E-state index in [-0.39, 0.29) is 12.3 Å². The largest absolute Gasteiger partial charge is 0.497 e. The van der Waals surface area contributed by atoms with Crippen LogP contribution in [0.2, 0.25) is 10.0 Å². The molecule has 0 saturated heterocycles. The van der Waals surface area contributed by atoms with Gasteiger partial charge in [0.2, 0.25) is 0 Å². The summed E-state index contributed by atoms with van der Waals surface area (Å²) >= 11 is 13.8. The fraction of sp³-hybridized carbons (Fsp3) is 0.176. The molecule has 0 unspecified atom stereocenters. The zero-order valence-corrected chi connectivity index (χ0v) is 15.4. The molecule has 1 heterocycles. The molecule has 0 bridgehead atoms. The van der Waals surface area contributed by atoms with Gasteiger partial charge >= 0.3 is 0 Å². The number of benzene rings is 2. The van der Waals surface area contributed by atoms with Crippen LogP contribution in [-0.4, -0.2) is 17.6 Å². The lowest BCUT2D eigenvalue weighted by atomic mass is 10.1.